The van der Waals surface area contributed by atoms with Crippen molar-refractivity contribution in [2.45, 2.75) is 44.2 Å². The summed E-state index contributed by atoms with van der Waals surface area (Å²) in [6, 6.07) is 18.5. The number of nitrogens with one attached hydrogen (secondary N) is 3. The van der Waals surface area contributed by atoms with Crippen LogP contribution in [0.4, 0.5) is 5.69 Å². The summed E-state index contributed by atoms with van der Waals surface area (Å²) < 4.78 is 11.9. The number of anilines is 1. The molecule has 8 nitrogen and oxygen atoms in total. The van der Waals surface area contributed by atoms with Crippen molar-refractivity contribution in [2.24, 2.45) is 5.92 Å². The van der Waals surface area contributed by atoms with Crippen molar-refractivity contribution in [1.82, 2.24) is 21.1 Å². The molecule has 1 amide bonds. The zero-order valence-corrected chi connectivity index (χ0v) is 21.2. The van der Waals surface area contributed by atoms with Gasteiger partial charge in [0.15, 0.2) is 0 Å². The summed E-state index contributed by atoms with van der Waals surface area (Å²) in [6.45, 7) is 5.88. The van der Waals surface area contributed by atoms with Gasteiger partial charge in [-0.2, -0.15) is 0 Å². The van der Waals surface area contributed by atoms with E-state index in [1.807, 2.05) is 36.4 Å². The van der Waals surface area contributed by atoms with Crippen LogP contribution >= 0.6 is 0 Å². The lowest BCUT2D eigenvalue weighted by atomic mass is 9.82. The van der Waals surface area contributed by atoms with E-state index in [1.54, 1.807) is 0 Å². The van der Waals surface area contributed by atoms with Gasteiger partial charge in [-0.3, -0.25) is 10.2 Å². The lowest BCUT2D eigenvalue weighted by molar-refractivity contribution is -0.0239. The molecule has 0 bridgehead atoms. The van der Waals surface area contributed by atoms with Gasteiger partial charge in [0, 0.05) is 49.4 Å². The van der Waals surface area contributed by atoms with E-state index < -0.39 is 0 Å². The van der Waals surface area contributed by atoms with Crippen LogP contribution in [0.1, 0.15) is 35.2 Å². The number of amides is 1. The molecule has 3 aliphatic rings. The van der Waals surface area contributed by atoms with E-state index in [0.29, 0.717) is 31.3 Å². The van der Waals surface area contributed by atoms with Crippen LogP contribution in [0.5, 0.6) is 0 Å². The molecule has 2 saturated heterocycles. The number of piperazine rings is 1. The fourth-order valence-electron chi connectivity index (χ4n) is 5.49. The van der Waals surface area contributed by atoms with Crippen LogP contribution in [0.3, 0.4) is 0 Å². The molecule has 8 heteroatoms. The highest BCUT2D eigenvalue weighted by molar-refractivity contribution is 5.95. The first-order valence-electron chi connectivity index (χ1n) is 13.2. The third-order valence-electron chi connectivity index (χ3n) is 7.66. The molecular formula is C28H39N5O3. The van der Waals surface area contributed by atoms with Crippen molar-refractivity contribution in [3.63, 3.8) is 0 Å². The van der Waals surface area contributed by atoms with E-state index in [0.717, 1.165) is 51.1 Å². The lowest BCUT2D eigenvalue weighted by Gasteiger charge is -2.34. The minimum absolute atomic E-state index is 0.0279. The smallest absolute Gasteiger partial charge is 0.252 e. The molecular weight excluding hydrogens is 454 g/mol. The predicted octanol–water partition coefficient (Wildman–Crippen LogP) is 2.37. The van der Waals surface area contributed by atoms with E-state index in [2.05, 4.69) is 51.2 Å². The van der Waals surface area contributed by atoms with Gasteiger partial charge in [0.05, 0.1) is 32.1 Å². The van der Waals surface area contributed by atoms with Crippen LogP contribution < -0.4 is 21.1 Å². The Morgan fingerprint density at radius 1 is 1.00 bits per heavy atom. The maximum atomic E-state index is 13.1. The Hall–Kier alpha value is -2.49. The van der Waals surface area contributed by atoms with Crippen LogP contribution in [0.25, 0.3) is 0 Å². The molecule has 5 rings (SSSR count). The maximum absolute atomic E-state index is 13.1. The third kappa shape index (κ3) is 6.44. The Bertz CT molecular complexity index is 982. The summed E-state index contributed by atoms with van der Waals surface area (Å²) in [4.78, 5) is 17.8. The van der Waals surface area contributed by atoms with Crippen molar-refractivity contribution in [3.8, 4) is 0 Å². The van der Waals surface area contributed by atoms with Crippen molar-refractivity contribution >= 4 is 11.6 Å². The van der Waals surface area contributed by atoms with Crippen molar-refractivity contribution in [2.75, 3.05) is 51.3 Å². The minimum atomic E-state index is -0.0788. The Morgan fingerprint density at radius 3 is 2.67 bits per heavy atom. The largest absolute Gasteiger partial charge is 0.376 e. The number of carbonyl (C=O) groups excluding carboxylic acids is 1. The van der Waals surface area contributed by atoms with E-state index in [-0.39, 0.29) is 24.2 Å². The van der Waals surface area contributed by atoms with Crippen molar-refractivity contribution < 1.29 is 14.3 Å². The van der Waals surface area contributed by atoms with Gasteiger partial charge in [-0.15, -0.1) is 0 Å². The highest BCUT2D eigenvalue weighted by atomic mass is 16.5. The number of fused-ring (bicyclic) bond motifs is 1. The highest BCUT2D eigenvalue weighted by Gasteiger charge is 2.41. The molecule has 4 atom stereocenters. The third-order valence-corrected chi connectivity index (χ3v) is 7.66. The van der Waals surface area contributed by atoms with Gasteiger partial charge in [-0.25, -0.2) is 5.43 Å². The van der Waals surface area contributed by atoms with Gasteiger partial charge in [0.1, 0.15) is 0 Å². The molecule has 0 spiro atoms. The Morgan fingerprint density at radius 2 is 1.83 bits per heavy atom. The topological polar surface area (TPSA) is 78.1 Å². The highest BCUT2D eigenvalue weighted by Crippen LogP contribution is 2.31. The molecule has 194 valence electrons. The van der Waals surface area contributed by atoms with Gasteiger partial charge in [0.25, 0.3) is 5.91 Å². The van der Waals surface area contributed by atoms with Crippen molar-refractivity contribution in [3.05, 3.63) is 65.7 Å². The minimum Gasteiger partial charge on any atom is -0.376 e. The summed E-state index contributed by atoms with van der Waals surface area (Å²) in [5.41, 5.74) is 9.73. The number of hydrogen-bond acceptors (Lipinski definition) is 7. The number of carbonyl (C=O) groups is 1. The Balaban J connectivity index is 1.05. The molecule has 3 N–H and O–H groups in total. The van der Waals surface area contributed by atoms with Crippen LogP contribution in [-0.2, 0) is 16.1 Å². The molecule has 2 aromatic rings. The molecule has 2 aromatic carbocycles. The number of rotatable bonds is 9. The van der Waals surface area contributed by atoms with Gasteiger partial charge >= 0.3 is 0 Å². The molecule has 2 heterocycles. The number of hydrogen-bond donors (Lipinski definition) is 3. The second kappa shape index (κ2) is 12.2. The van der Waals surface area contributed by atoms with Crippen molar-refractivity contribution in [1.29, 1.82) is 0 Å². The summed E-state index contributed by atoms with van der Waals surface area (Å²) >= 11 is 0. The predicted molar refractivity (Wildman–Crippen MR) is 141 cm³/mol. The summed E-state index contributed by atoms with van der Waals surface area (Å²) in [6.07, 6.45) is 3.07. The quantitative estimate of drug-likeness (QED) is 0.463. The first kappa shape index (κ1) is 25.2. The number of ether oxygens (including phenoxy) is 2. The number of likely N-dealkylation sites (N-methyl/N-ethyl adjacent to an activating group) is 1. The van der Waals surface area contributed by atoms with Gasteiger partial charge in [0.2, 0.25) is 0 Å². The second-order valence-corrected chi connectivity index (χ2v) is 10.2. The number of benzene rings is 2. The molecule has 4 unspecified atom stereocenters. The molecule has 1 aliphatic carbocycles. The van der Waals surface area contributed by atoms with Gasteiger partial charge < -0.3 is 24.6 Å². The fourth-order valence-corrected chi connectivity index (χ4v) is 5.49. The fraction of sp³-hybridized carbons (Fsp3) is 0.536. The molecule has 3 fully saturated rings. The normalized spacial score (nSPS) is 26.5. The van der Waals surface area contributed by atoms with E-state index >= 15 is 0 Å². The summed E-state index contributed by atoms with van der Waals surface area (Å²) in [5, 5.41) is 3.22. The first-order valence-corrected chi connectivity index (χ1v) is 13.2. The van der Waals surface area contributed by atoms with Crippen LogP contribution in [-0.4, -0.2) is 75.6 Å². The standard InChI is InChI=1S/C28H39N5O3/c1-32-12-14-33(15-13-32)23-9-5-8-22(18-23)28(34)29-27-25-11-10-24(19-26(25)30-31-27)36-17-16-35-20-21-6-3-2-4-7-21/h2-9,18,24-27,30-31H,10-17,19-20H2,1H3,(H,29,34). The van der Waals surface area contributed by atoms with Crippen LogP contribution in [0.2, 0.25) is 0 Å². The molecule has 36 heavy (non-hydrogen) atoms. The average molecular weight is 494 g/mol. The van der Waals surface area contributed by atoms with E-state index in [9.17, 15) is 4.79 Å². The monoisotopic (exact) mass is 493 g/mol. The zero-order valence-electron chi connectivity index (χ0n) is 21.2. The Kier molecular flexibility index (Phi) is 8.51. The molecule has 0 aromatic heterocycles. The van der Waals surface area contributed by atoms with E-state index in [4.69, 9.17) is 9.47 Å². The average Bonchev–Trinajstić information content (AvgIpc) is 3.31. The number of hydrazine groups is 1. The maximum Gasteiger partial charge on any atom is 0.252 e. The SMILES string of the molecule is CN1CCN(c2cccc(C(=O)NC3NNC4CC(OCCOCc5ccccc5)CCC43)c2)CC1. The Labute approximate surface area is 214 Å². The zero-order chi connectivity index (χ0) is 24.7. The van der Waals surface area contributed by atoms with E-state index in [1.165, 1.54) is 5.56 Å². The van der Waals surface area contributed by atoms with Crippen LogP contribution in [0, 0.1) is 5.92 Å². The van der Waals surface area contributed by atoms with Crippen LogP contribution in [0.15, 0.2) is 54.6 Å². The first-order chi connectivity index (χ1) is 17.7. The molecule has 1 saturated carbocycles. The lowest BCUT2D eigenvalue weighted by Crippen LogP contribution is -2.47. The van der Waals surface area contributed by atoms with Gasteiger partial charge in [-0.05, 0) is 50.1 Å². The van der Waals surface area contributed by atoms with Gasteiger partial charge in [-0.1, -0.05) is 36.4 Å². The summed E-state index contributed by atoms with van der Waals surface area (Å²) in [5.74, 6) is 0.323. The number of nitrogens with zero attached hydrogens (tertiary/aromatic N) is 2. The molecule has 2 aliphatic heterocycles. The summed E-state index contributed by atoms with van der Waals surface area (Å²) in [7, 11) is 2.15. The molecule has 0 radical (unpaired) electrons. The second-order valence-electron chi connectivity index (χ2n) is 10.2.